The van der Waals surface area contributed by atoms with E-state index in [1.807, 2.05) is 0 Å². The first-order valence-electron chi connectivity index (χ1n) is 7.94. The highest BCUT2D eigenvalue weighted by Crippen LogP contribution is 2.20. The summed E-state index contributed by atoms with van der Waals surface area (Å²) >= 11 is 7.00. The topological polar surface area (TPSA) is 107 Å². The maximum atomic E-state index is 12.0. The zero-order chi connectivity index (χ0) is 19.9. The van der Waals surface area contributed by atoms with Crippen molar-refractivity contribution in [2.24, 2.45) is 0 Å². The van der Waals surface area contributed by atoms with Gasteiger partial charge in [-0.2, -0.15) is 0 Å². The predicted molar refractivity (Wildman–Crippen MR) is 106 cm³/mol. The minimum Gasteiger partial charge on any atom is -0.486 e. The normalized spacial score (nSPS) is 10.8. The molecule has 1 N–H and O–H groups in total. The Hall–Kier alpha value is -3.30. The third-order valence-corrected chi connectivity index (χ3v) is 4.45. The van der Waals surface area contributed by atoms with Crippen LogP contribution in [0, 0.1) is 10.1 Å². The van der Waals surface area contributed by atoms with Crippen molar-refractivity contribution >= 4 is 45.7 Å². The average molecular weight is 417 g/mol. The molecular formula is C18H13ClN4O4S. The third-order valence-electron chi connectivity index (χ3n) is 3.38. The molecule has 1 aromatic heterocycles. The molecule has 0 spiro atoms. The van der Waals surface area contributed by atoms with Gasteiger partial charge >= 0.3 is 0 Å². The molecule has 10 heteroatoms. The van der Waals surface area contributed by atoms with Crippen LogP contribution in [-0.4, -0.2) is 21.0 Å². The number of carbonyl (C=O) groups is 1. The molecule has 1 amide bonds. The van der Waals surface area contributed by atoms with Gasteiger partial charge in [0.15, 0.2) is 5.01 Å². The number of carbonyl (C=O) groups excluding carboxylic acids is 1. The van der Waals surface area contributed by atoms with Gasteiger partial charge in [-0.1, -0.05) is 35.1 Å². The van der Waals surface area contributed by atoms with Crippen LogP contribution in [0.2, 0.25) is 5.02 Å². The summed E-state index contributed by atoms with van der Waals surface area (Å²) in [5.41, 5.74) is 0.496. The molecule has 2 aromatic carbocycles. The molecule has 0 fully saturated rings. The lowest BCUT2D eigenvalue weighted by Crippen LogP contribution is -2.07. The number of hydrogen-bond acceptors (Lipinski definition) is 7. The number of nitrogens with zero attached hydrogens (tertiary/aromatic N) is 3. The molecule has 0 aliphatic rings. The number of benzene rings is 2. The highest BCUT2D eigenvalue weighted by Gasteiger charge is 2.08. The van der Waals surface area contributed by atoms with Crippen molar-refractivity contribution in [1.29, 1.82) is 0 Å². The van der Waals surface area contributed by atoms with Gasteiger partial charge in [0, 0.05) is 23.2 Å². The molecule has 3 rings (SSSR count). The van der Waals surface area contributed by atoms with Crippen LogP contribution < -0.4 is 10.1 Å². The van der Waals surface area contributed by atoms with Gasteiger partial charge in [0.05, 0.1) is 4.92 Å². The number of nitro groups is 1. The first-order chi connectivity index (χ1) is 13.5. The Kier molecular flexibility index (Phi) is 6.30. The molecule has 1 heterocycles. The van der Waals surface area contributed by atoms with E-state index < -0.39 is 10.8 Å². The first kappa shape index (κ1) is 19.5. The lowest BCUT2D eigenvalue weighted by atomic mass is 10.2. The fourth-order valence-electron chi connectivity index (χ4n) is 2.10. The fraction of sp³-hybridized carbons (Fsp3) is 0.0556. The van der Waals surface area contributed by atoms with E-state index in [1.165, 1.54) is 35.6 Å². The Labute approximate surface area is 168 Å². The number of amides is 1. The van der Waals surface area contributed by atoms with Crippen molar-refractivity contribution in [2.75, 3.05) is 5.32 Å². The van der Waals surface area contributed by atoms with E-state index in [2.05, 4.69) is 15.5 Å². The first-order valence-corrected chi connectivity index (χ1v) is 9.13. The zero-order valence-corrected chi connectivity index (χ0v) is 15.8. The van der Waals surface area contributed by atoms with Crippen LogP contribution in [0.25, 0.3) is 6.08 Å². The van der Waals surface area contributed by atoms with Gasteiger partial charge in [-0.3, -0.25) is 20.2 Å². The molecule has 0 radical (unpaired) electrons. The molecule has 0 unspecified atom stereocenters. The Bertz CT molecular complexity index is 1020. The average Bonchev–Trinajstić information content (AvgIpc) is 3.13. The summed E-state index contributed by atoms with van der Waals surface area (Å²) in [6, 6.07) is 12.9. The van der Waals surface area contributed by atoms with Crippen LogP contribution in [0.3, 0.4) is 0 Å². The van der Waals surface area contributed by atoms with E-state index >= 15 is 0 Å². The predicted octanol–water partition coefficient (Wildman–Crippen LogP) is 4.33. The third kappa shape index (κ3) is 5.60. The van der Waals surface area contributed by atoms with Crippen LogP contribution in [0.4, 0.5) is 10.8 Å². The summed E-state index contributed by atoms with van der Waals surface area (Å²) in [6.45, 7) is 0.207. The van der Waals surface area contributed by atoms with Crippen LogP contribution in [0.15, 0.2) is 54.6 Å². The Morgan fingerprint density at radius 3 is 2.79 bits per heavy atom. The minimum absolute atomic E-state index is 0.0444. The van der Waals surface area contributed by atoms with Gasteiger partial charge in [0.25, 0.3) is 5.69 Å². The van der Waals surface area contributed by atoms with Crippen LogP contribution in [-0.2, 0) is 11.4 Å². The summed E-state index contributed by atoms with van der Waals surface area (Å²) in [6.07, 6.45) is 2.75. The maximum absolute atomic E-state index is 12.0. The molecule has 3 aromatic rings. The number of nitrogens with one attached hydrogen (secondary N) is 1. The quantitative estimate of drug-likeness (QED) is 0.349. The summed E-state index contributed by atoms with van der Waals surface area (Å²) in [4.78, 5) is 22.3. The molecule has 0 saturated carbocycles. The number of rotatable bonds is 7. The van der Waals surface area contributed by atoms with Crippen LogP contribution in [0.5, 0.6) is 5.75 Å². The van der Waals surface area contributed by atoms with Crippen molar-refractivity contribution in [3.8, 4) is 5.75 Å². The van der Waals surface area contributed by atoms with Gasteiger partial charge in [-0.15, -0.1) is 10.2 Å². The van der Waals surface area contributed by atoms with E-state index in [1.54, 1.807) is 36.4 Å². The number of hydrogen-bond donors (Lipinski definition) is 1. The second kappa shape index (κ2) is 9.07. The summed E-state index contributed by atoms with van der Waals surface area (Å²) in [5.74, 6) is 0.220. The number of nitro benzene ring substituents is 1. The standard InChI is InChI=1S/C18H13ClN4O4S/c19-13-5-7-15(8-6-13)27-11-17-21-22-18(28-17)20-16(24)9-4-12-2-1-3-14(10-12)23(25)26/h1-10H,11H2,(H,20,22,24)/b9-4+. The van der Waals surface area contributed by atoms with Gasteiger partial charge < -0.3 is 4.74 Å². The number of halogens is 1. The molecule has 0 aliphatic carbocycles. The van der Waals surface area contributed by atoms with E-state index in [9.17, 15) is 14.9 Å². The smallest absolute Gasteiger partial charge is 0.270 e. The van der Waals surface area contributed by atoms with Crippen molar-refractivity contribution in [1.82, 2.24) is 10.2 Å². The summed E-state index contributed by atoms with van der Waals surface area (Å²) in [5, 5.41) is 22.7. The molecule has 0 saturated heterocycles. The van der Waals surface area contributed by atoms with Crippen LogP contribution >= 0.6 is 22.9 Å². The fourth-order valence-corrected chi connectivity index (χ4v) is 2.88. The molecule has 142 valence electrons. The largest absolute Gasteiger partial charge is 0.486 e. The Balaban J connectivity index is 1.54. The SMILES string of the molecule is O=C(/C=C/c1cccc([N+](=O)[O-])c1)Nc1nnc(COc2ccc(Cl)cc2)s1. The second-order valence-corrected chi connectivity index (χ2v) is 6.92. The lowest BCUT2D eigenvalue weighted by molar-refractivity contribution is -0.384. The highest BCUT2D eigenvalue weighted by atomic mass is 35.5. The molecule has 28 heavy (non-hydrogen) atoms. The number of aromatic nitrogens is 2. The van der Waals surface area contributed by atoms with Crippen LogP contribution in [0.1, 0.15) is 10.6 Å². The Morgan fingerprint density at radius 1 is 1.25 bits per heavy atom. The molecule has 0 atom stereocenters. The number of anilines is 1. The lowest BCUT2D eigenvalue weighted by Gasteiger charge is -2.02. The molecule has 0 bridgehead atoms. The highest BCUT2D eigenvalue weighted by molar-refractivity contribution is 7.15. The summed E-state index contributed by atoms with van der Waals surface area (Å²) in [7, 11) is 0. The molecule has 0 aliphatic heterocycles. The monoisotopic (exact) mass is 416 g/mol. The van der Waals surface area contributed by atoms with Crippen molar-refractivity contribution in [3.63, 3.8) is 0 Å². The van der Waals surface area contributed by atoms with E-state index in [0.717, 1.165) is 0 Å². The van der Waals surface area contributed by atoms with Gasteiger partial charge in [-0.05, 0) is 35.9 Å². The minimum atomic E-state index is -0.494. The number of non-ortho nitro benzene ring substituents is 1. The Morgan fingerprint density at radius 2 is 2.04 bits per heavy atom. The summed E-state index contributed by atoms with van der Waals surface area (Å²) < 4.78 is 5.57. The van der Waals surface area contributed by atoms with E-state index in [4.69, 9.17) is 16.3 Å². The van der Waals surface area contributed by atoms with Crippen molar-refractivity contribution < 1.29 is 14.5 Å². The van der Waals surface area contributed by atoms with Gasteiger partial charge in [0.1, 0.15) is 12.4 Å². The second-order valence-electron chi connectivity index (χ2n) is 5.42. The van der Waals surface area contributed by atoms with Gasteiger partial charge in [-0.25, -0.2) is 0 Å². The zero-order valence-electron chi connectivity index (χ0n) is 14.2. The van der Waals surface area contributed by atoms with E-state index in [0.29, 0.717) is 26.5 Å². The maximum Gasteiger partial charge on any atom is 0.270 e. The van der Waals surface area contributed by atoms with Crippen molar-refractivity contribution in [3.05, 3.63) is 80.3 Å². The van der Waals surface area contributed by atoms with Gasteiger partial charge in [0.2, 0.25) is 11.0 Å². The number of ether oxygens (including phenoxy) is 1. The molecular weight excluding hydrogens is 404 g/mol. The van der Waals surface area contributed by atoms with E-state index in [-0.39, 0.29) is 12.3 Å². The van der Waals surface area contributed by atoms with Crippen molar-refractivity contribution in [2.45, 2.75) is 6.61 Å². The molecule has 8 nitrogen and oxygen atoms in total.